The largest absolute Gasteiger partial charge is 0.468 e. The van der Waals surface area contributed by atoms with Gasteiger partial charge in [0.2, 0.25) is 5.91 Å². The van der Waals surface area contributed by atoms with Gasteiger partial charge in [0.25, 0.3) is 0 Å². The van der Waals surface area contributed by atoms with Crippen LogP contribution in [-0.4, -0.2) is 23.9 Å². The SMILES string of the molecule is Cc1ccc(CN(CC(=O)NCC2CC2)Cc2ccco2)s1. The maximum Gasteiger partial charge on any atom is 0.234 e. The second-order valence-electron chi connectivity index (χ2n) is 5.98. The van der Waals surface area contributed by atoms with Crippen molar-refractivity contribution in [1.29, 1.82) is 0 Å². The summed E-state index contributed by atoms with van der Waals surface area (Å²) in [7, 11) is 0. The first-order valence-electron chi connectivity index (χ1n) is 7.76. The maximum atomic E-state index is 12.1. The number of furan rings is 1. The molecule has 5 heteroatoms. The van der Waals surface area contributed by atoms with E-state index in [9.17, 15) is 4.79 Å². The van der Waals surface area contributed by atoms with Crippen LogP contribution in [0.3, 0.4) is 0 Å². The van der Waals surface area contributed by atoms with Crippen molar-refractivity contribution < 1.29 is 9.21 Å². The fourth-order valence-electron chi connectivity index (χ4n) is 2.42. The van der Waals surface area contributed by atoms with Crippen LogP contribution in [-0.2, 0) is 17.9 Å². The molecule has 0 aliphatic heterocycles. The highest BCUT2D eigenvalue weighted by atomic mass is 32.1. The topological polar surface area (TPSA) is 45.5 Å². The molecule has 2 heterocycles. The molecule has 0 bridgehead atoms. The van der Waals surface area contributed by atoms with E-state index in [-0.39, 0.29) is 5.91 Å². The van der Waals surface area contributed by atoms with Crippen molar-refractivity contribution >= 4 is 17.2 Å². The molecule has 0 spiro atoms. The van der Waals surface area contributed by atoms with Crippen LogP contribution in [0.4, 0.5) is 0 Å². The molecule has 0 saturated heterocycles. The van der Waals surface area contributed by atoms with Crippen LogP contribution in [0.25, 0.3) is 0 Å². The van der Waals surface area contributed by atoms with Gasteiger partial charge in [0.15, 0.2) is 0 Å². The number of carbonyl (C=O) groups excluding carboxylic acids is 1. The molecule has 0 atom stereocenters. The lowest BCUT2D eigenvalue weighted by Gasteiger charge is -2.20. The number of nitrogens with zero attached hydrogens (tertiary/aromatic N) is 1. The van der Waals surface area contributed by atoms with Crippen LogP contribution in [0.1, 0.15) is 28.4 Å². The van der Waals surface area contributed by atoms with Crippen molar-refractivity contribution in [3.63, 3.8) is 0 Å². The molecule has 0 radical (unpaired) electrons. The number of carbonyl (C=O) groups is 1. The highest BCUT2D eigenvalue weighted by molar-refractivity contribution is 7.11. The predicted octanol–water partition coefficient (Wildman–Crippen LogP) is 3.18. The van der Waals surface area contributed by atoms with Crippen molar-refractivity contribution in [2.75, 3.05) is 13.1 Å². The molecule has 2 aromatic heterocycles. The van der Waals surface area contributed by atoms with Crippen LogP contribution in [0.2, 0.25) is 0 Å². The molecular weight excluding hydrogens is 296 g/mol. The summed E-state index contributed by atoms with van der Waals surface area (Å²) >= 11 is 1.78. The Hall–Kier alpha value is -1.59. The number of thiophene rings is 1. The van der Waals surface area contributed by atoms with Gasteiger partial charge in [-0.15, -0.1) is 11.3 Å². The zero-order chi connectivity index (χ0) is 15.4. The van der Waals surface area contributed by atoms with Gasteiger partial charge in [0.05, 0.1) is 19.4 Å². The lowest BCUT2D eigenvalue weighted by molar-refractivity contribution is -0.122. The molecule has 1 fully saturated rings. The molecule has 1 N–H and O–H groups in total. The molecule has 118 valence electrons. The van der Waals surface area contributed by atoms with Gasteiger partial charge in [-0.3, -0.25) is 9.69 Å². The zero-order valence-corrected chi connectivity index (χ0v) is 13.7. The summed E-state index contributed by atoms with van der Waals surface area (Å²) in [4.78, 5) is 16.8. The molecular formula is C17H22N2O2S. The van der Waals surface area contributed by atoms with E-state index >= 15 is 0 Å². The van der Waals surface area contributed by atoms with Crippen LogP contribution >= 0.6 is 11.3 Å². The second kappa shape index (κ2) is 7.11. The van der Waals surface area contributed by atoms with E-state index in [0.717, 1.165) is 18.8 Å². The Balaban J connectivity index is 1.58. The number of nitrogens with one attached hydrogen (secondary N) is 1. The van der Waals surface area contributed by atoms with Crippen molar-refractivity contribution in [1.82, 2.24) is 10.2 Å². The summed E-state index contributed by atoms with van der Waals surface area (Å²) < 4.78 is 5.43. The summed E-state index contributed by atoms with van der Waals surface area (Å²) in [6, 6.07) is 8.10. The summed E-state index contributed by atoms with van der Waals surface area (Å²) in [5.74, 6) is 1.71. The average molecular weight is 318 g/mol. The lowest BCUT2D eigenvalue weighted by Crippen LogP contribution is -2.37. The fraction of sp³-hybridized carbons (Fsp3) is 0.471. The van der Waals surface area contributed by atoms with Crippen molar-refractivity contribution in [2.45, 2.75) is 32.9 Å². The summed E-state index contributed by atoms with van der Waals surface area (Å²) in [5, 5.41) is 3.04. The van der Waals surface area contributed by atoms with E-state index in [4.69, 9.17) is 4.42 Å². The molecule has 0 aromatic carbocycles. The molecule has 22 heavy (non-hydrogen) atoms. The molecule has 3 rings (SSSR count). The normalized spacial score (nSPS) is 14.5. The monoisotopic (exact) mass is 318 g/mol. The van der Waals surface area contributed by atoms with Crippen molar-refractivity contribution in [3.8, 4) is 0 Å². The van der Waals surface area contributed by atoms with Gasteiger partial charge < -0.3 is 9.73 Å². The number of hydrogen-bond acceptors (Lipinski definition) is 4. The van der Waals surface area contributed by atoms with Gasteiger partial charge in [0, 0.05) is 22.8 Å². The van der Waals surface area contributed by atoms with Crippen molar-refractivity contribution in [3.05, 3.63) is 46.0 Å². The second-order valence-corrected chi connectivity index (χ2v) is 7.36. The number of hydrogen-bond donors (Lipinski definition) is 1. The van der Waals surface area contributed by atoms with E-state index in [2.05, 4.69) is 29.3 Å². The number of amides is 1. The van der Waals surface area contributed by atoms with Crippen LogP contribution in [0.15, 0.2) is 34.9 Å². The molecule has 1 amide bonds. The Morgan fingerprint density at radius 1 is 1.36 bits per heavy atom. The van der Waals surface area contributed by atoms with Crippen LogP contribution in [0, 0.1) is 12.8 Å². The minimum absolute atomic E-state index is 0.103. The standard InChI is InChI=1S/C17H22N2O2S/c1-13-4-7-16(22-13)11-19(10-15-3-2-8-21-15)12-17(20)18-9-14-5-6-14/h2-4,7-8,14H,5-6,9-12H2,1H3,(H,18,20). The van der Waals surface area contributed by atoms with Gasteiger partial charge in [-0.05, 0) is 49.9 Å². The van der Waals surface area contributed by atoms with Crippen LogP contribution < -0.4 is 5.32 Å². The molecule has 1 aliphatic carbocycles. The first-order chi connectivity index (χ1) is 10.7. The van der Waals surface area contributed by atoms with Gasteiger partial charge >= 0.3 is 0 Å². The number of rotatable bonds is 8. The Morgan fingerprint density at radius 3 is 2.86 bits per heavy atom. The van der Waals surface area contributed by atoms with E-state index in [1.54, 1.807) is 17.6 Å². The van der Waals surface area contributed by atoms with E-state index in [0.29, 0.717) is 19.0 Å². The average Bonchev–Trinajstić information content (AvgIpc) is 3.01. The highest BCUT2D eigenvalue weighted by Gasteiger charge is 2.22. The summed E-state index contributed by atoms with van der Waals surface area (Å²) in [6.07, 6.45) is 4.19. The molecule has 4 nitrogen and oxygen atoms in total. The zero-order valence-electron chi connectivity index (χ0n) is 12.9. The Kier molecular flexibility index (Phi) is 4.95. The van der Waals surface area contributed by atoms with Crippen molar-refractivity contribution in [2.24, 2.45) is 5.92 Å². The highest BCUT2D eigenvalue weighted by Crippen LogP contribution is 2.27. The number of aryl methyl sites for hydroxylation is 1. The Bertz CT molecular complexity index is 602. The third-order valence-corrected chi connectivity index (χ3v) is 4.77. The lowest BCUT2D eigenvalue weighted by atomic mass is 10.3. The van der Waals surface area contributed by atoms with Gasteiger partial charge in [0.1, 0.15) is 5.76 Å². The first kappa shape index (κ1) is 15.3. The third-order valence-electron chi connectivity index (χ3n) is 3.79. The van der Waals surface area contributed by atoms with Gasteiger partial charge in [-0.1, -0.05) is 0 Å². The van der Waals surface area contributed by atoms with Crippen LogP contribution in [0.5, 0.6) is 0 Å². The van der Waals surface area contributed by atoms with Gasteiger partial charge in [-0.25, -0.2) is 0 Å². The summed E-state index contributed by atoms with van der Waals surface area (Å²) in [5.41, 5.74) is 0. The van der Waals surface area contributed by atoms with E-state index in [1.165, 1.54) is 22.6 Å². The molecule has 0 unspecified atom stereocenters. The summed E-state index contributed by atoms with van der Waals surface area (Å²) in [6.45, 7) is 4.76. The molecule has 1 saturated carbocycles. The van der Waals surface area contributed by atoms with Gasteiger partial charge in [-0.2, -0.15) is 0 Å². The Morgan fingerprint density at radius 2 is 2.23 bits per heavy atom. The molecule has 1 aliphatic rings. The molecule has 2 aromatic rings. The van der Waals surface area contributed by atoms with E-state index < -0.39 is 0 Å². The smallest absolute Gasteiger partial charge is 0.234 e. The Labute approximate surface area is 135 Å². The fourth-order valence-corrected chi connectivity index (χ4v) is 3.35. The minimum Gasteiger partial charge on any atom is -0.468 e. The quantitative estimate of drug-likeness (QED) is 0.813. The van der Waals surface area contributed by atoms with E-state index in [1.807, 2.05) is 12.1 Å². The maximum absolute atomic E-state index is 12.1. The third kappa shape index (κ3) is 4.71. The minimum atomic E-state index is 0.103. The first-order valence-corrected chi connectivity index (χ1v) is 8.57. The predicted molar refractivity (Wildman–Crippen MR) is 87.6 cm³/mol.